The van der Waals surface area contributed by atoms with Gasteiger partial charge in [-0.05, 0) is 17.7 Å². The van der Waals surface area contributed by atoms with Crippen molar-refractivity contribution in [1.29, 1.82) is 0 Å². The highest BCUT2D eigenvalue weighted by Crippen LogP contribution is 2.25. The van der Waals surface area contributed by atoms with Crippen molar-refractivity contribution in [2.45, 2.75) is 6.54 Å². The first-order valence-electron chi connectivity index (χ1n) is 4.35. The first-order chi connectivity index (χ1) is 7.17. The van der Waals surface area contributed by atoms with Gasteiger partial charge in [0.25, 0.3) is 0 Å². The molecule has 5 heteroatoms. The van der Waals surface area contributed by atoms with Crippen molar-refractivity contribution < 1.29 is 14.3 Å². The molecule has 0 fully saturated rings. The number of carbonyl (C=O) groups is 1. The van der Waals surface area contributed by atoms with Crippen LogP contribution in [0.15, 0.2) is 18.2 Å². The predicted octanol–water partition coefficient (Wildman–Crippen LogP) is 1.35. The summed E-state index contributed by atoms with van der Waals surface area (Å²) in [5, 5.41) is 0.441. The summed E-state index contributed by atoms with van der Waals surface area (Å²) in [6.07, 6.45) is 0. The number of halogens is 1. The molecule has 0 unspecified atom stereocenters. The monoisotopic (exact) mass is 229 g/mol. The van der Waals surface area contributed by atoms with Gasteiger partial charge in [0.2, 0.25) is 0 Å². The second-order valence-electron chi connectivity index (χ2n) is 2.83. The maximum Gasteiger partial charge on any atom is 0.343 e. The second kappa shape index (κ2) is 5.58. The summed E-state index contributed by atoms with van der Waals surface area (Å²) >= 11 is 5.86. The van der Waals surface area contributed by atoms with Gasteiger partial charge in [-0.1, -0.05) is 17.7 Å². The Kier molecular flexibility index (Phi) is 4.39. The van der Waals surface area contributed by atoms with E-state index in [0.717, 1.165) is 5.56 Å². The number of rotatable bonds is 4. The Morgan fingerprint density at radius 2 is 2.27 bits per heavy atom. The number of hydrogen-bond donors (Lipinski definition) is 1. The molecule has 2 N–H and O–H groups in total. The molecule has 0 spiro atoms. The van der Waals surface area contributed by atoms with E-state index in [1.807, 2.05) is 0 Å². The fourth-order valence-corrected chi connectivity index (χ4v) is 1.15. The Morgan fingerprint density at radius 3 is 2.87 bits per heavy atom. The Balaban J connectivity index is 2.70. The minimum absolute atomic E-state index is 0.162. The SMILES string of the molecule is COC(=O)COc1cc(CN)ccc1Cl. The summed E-state index contributed by atoms with van der Waals surface area (Å²) in [6, 6.07) is 5.18. The molecule has 0 heterocycles. The topological polar surface area (TPSA) is 61.5 Å². The number of ether oxygens (including phenoxy) is 2. The van der Waals surface area contributed by atoms with Gasteiger partial charge < -0.3 is 15.2 Å². The maximum absolute atomic E-state index is 10.8. The van der Waals surface area contributed by atoms with Crippen LogP contribution in [0.25, 0.3) is 0 Å². The van der Waals surface area contributed by atoms with Crippen molar-refractivity contribution in [1.82, 2.24) is 0 Å². The normalized spacial score (nSPS) is 9.80. The molecule has 0 aliphatic carbocycles. The van der Waals surface area contributed by atoms with E-state index in [4.69, 9.17) is 22.1 Å². The minimum atomic E-state index is -0.454. The molecular weight excluding hydrogens is 218 g/mol. The highest BCUT2D eigenvalue weighted by molar-refractivity contribution is 6.32. The van der Waals surface area contributed by atoms with Crippen LogP contribution >= 0.6 is 11.6 Å². The van der Waals surface area contributed by atoms with Crippen molar-refractivity contribution in [3.05, 3.63) is 28.8 Å². The van der Waals surface area contributed by atoms with Crippen LogP contribution in [0, 0.1) is 0 Å². The maximum atomic E-state index is 10.8. The van der Waals surface area contributed by atoms with E-state index in [1.165, 1.54) is 7.11 Å². The minimum Gasteiger partial charge on any atom is -0.480 e. The van der Waals surface area contributed by atoms with E-state index >= 15 is 0 Å². The fraction of sp³-hybridized carbons (Fsp3) is 0.300. The average Bonchev–Trinajstić information content (AvgIpc) is 2.27. The molecule has 15 heavy (non-hydrogen) atoms. The molecule has 82 valence electrons. The zero-order chi connectivity index (χ0) is 11.3. The lowest BCUT2D eigenvalue weighted by Crippen LogP contribution is -2.13. The van der Waals surface area contributed by atoms with Gasteiger partial charge in [0.1, 0.15) is 5.75 Å². The van der Waals surface area contributed by atoms with Gasteiger partial charge in [-0.2, -0.15) is 0 Å². The van der Waals surface area contributed by atoms with Gasteiger partial charge in [-0.25, -0.2) is 4.79 Å². The molecule has 0 amide bonds. The highest BCUT2D eigenvalue weighted by atomic mass is 35.5. The zero-order valence-corrected chi connectivity index (χ0v) is 9.08. The van der Waals surface area contributed by atoms with Gasteiger partial charge >= 0.3 is 5.97 Å². The first-order valence-corrected chi connectivity index (χ1v) is 4.73. The van der Waals surface area contributed by atoms with Crippen LogP contribution in [0.3, 0.4) is 0 Å². The Morgan fingerprint density at radius 1 is 1.53 bits per heavy atom. The van der Waals surface area contributed by atoms with Crippen LogP contribution < -0.4 is 10.5 Å². The highest BCUT2D eigenvalue weighted by Gasteiger charge is 2.06. The van der Waals surface area contributed by atoms with Gasteiger partial charge in [0.15, 0.2) is 6.61 Å². The van der Waals surface area contributed by atoms with Crippen molar-refractivity contribution >= 4 is 17.6 Å². The molecule has 1 rings (SSSR count). The third kappa shape index (κ3) is 3.42. The van der Waals surface area contributed by atoms with Crippen LogP contribution in [0.1, 0.15) is 5.56 Å². The molecule has 0 saturated heterocycles. The van der Waals surface area contributed by atoms with E-state index in [9.17, 15) is 4.79 Å². The quantitative estimate of drug-likeness (QED) is 0.792. The smallest absolute Gasteiger partial charge is 0.343 e. The van der Waals surface area contributed by atoms with E-state index in [1.54, 1.807) is 18.2 Å². The summed E-state index contributed by atoms with van der Waals surface area (Å²) in [4.78, 5) is 10.8. The van der Waals surface area contributed by atoms with Crippen molar-refractivity contribution in [3.8, 4) is 5.75 Å². The molecule has 0 aromatic heterocycles. The molecular formula is C10H12ClNO3. The van der Waals surface area contributed by atoms with Crippen LogP contribution in [0.2, 0.25) is 5.02 Å². The molecule has 0 aliphatic rings. The van der Waals surface area contributed by atoms with Crippen LogP contribution in [-0.2, 0) is 16.1 Å². The molecule has 1 aromatic rings. The Bertz CT molecular complexity index is 355. The summed E-state index contributed by atoms with van der Waals surface area (Å²) in [7, 11) is 1.30. The average molecular weight is 230 g/mol. The number of hydrogen-bond acceptors (Lipinski definition) is 4. The van der Waals surface area contributed by atoms with E-state index in [2.05, 4.69) is 4.74 Å². The van der Waals surface area contributed by atoms with E-state index in [0.29, 0.717) is 17.3 Å². The van der Waals surface area contributed by atoms with Crippen LogP contribution in [-0.4, -0.2) is 19.7 Å². The summed E-state index contributed by atoms with van der Waals surface area (Å²) in [6.45, 7) is 0.232. The van der Waals surface area contributed by atoms with Gasteiger partial charge in [-0.15, -0.1) is 0 Å². The lowest BCUT2D eigenvalue weighted by atomic mass is 10.2. The van der Waals surface area contributed by atoms with E-state index in [-0.39, 0.29) is 6.61 Å². The zero-order valence-electron chi connectivity index (χ0n) is 8.33. The van der Waals surface area contributed by atoms with Gasteiger partial charge in [0, 0.05) is 6.54 Å². The van der Waals surface area contributed by atoms with Gasteiger partial charge in [-0.3, -0.25) is 0 Å². The standard InChI is InChI=1S/C10H12ClNO3/c1-14-10(13)6-15-9-4-7(5-12)2-3-8(9)11/h2-4H,5-6,12H2,1H3. The molecule has 0 saturated carbocycles. The summed E-state index contributed by atoms with van der Waals surface area (Å²) in [5.74, 6) is -0.0192. The van der Waals surface area contributed by atoms with Crippen LogP contribution in [0.4, 0.5) is 0 Å². The Labute approximate surface area is 92.9 Å². The number of methoxy groups -OCH3 is 1. The lowest BCUT2D eigenvalue weighted by molar-refractivity contribution is -0.142. The number of carbonyl (C=O) groups excluding carboxylic acids is 1. The molecule has 1 aromatic carbocycles. The molecule has 0 bridgehead atoms. The van der Waals surface area contributed by atoms with Crippen molar-refractivity contribution in [2.75, 3.05) is 13.7 Å². The fourth-order valence-electron chi connectivity index (χ4n) is 0.981. The third-order valence-electron chi connectivity index (χ3n) is 1.80. The summed E-state index contributed by atoms with van der Waals surface area (Å²) in [5.41, 5.74) is 6.35. The first kappa shape index (κ1) is 11.8. The molecule has 4 nitrogen and oxygen atoms in total. The number of nitrogens with two attached hydrogens (primary N) is 1. The van der Waals surface area contributed by atoms with Gasteiger partial charge in [0.05, 0.1) is 12.1 Å². The third-order valence-corrected chi connectivity index (χ3v) is 2.12. The lowest BCUT2D eigenvalue weighted by Gasteiger charge is -2.08. The number of benzene rings is 1. The van der Waals surface area contributed by atoms with Crippen molar-refractivity contribution in [3.63, 3.8) is 0 Å². The Hall–Kier alpha value is -1.26. The largest absolute Gasteiger partial charge is 0.480 e. The van der Waals surface area contributed by atoms with Crippen molar-refractivity contribution in [2.24, 2.45) is 5.73 Å². The summed E-state index contributed by atoms with van der Waals surface area (Å²) < 4.78 is 9.61. The predicted molar refractivity (Wildman–Crippen MR) is 56.9 cm³/mol. The molecule has 0 aliphatic heterocycles. The number of esters is 1. The molecule has 0 atom stereocenters. The van der Waals surface area contributed by atoms with Crippen LogP contribution in [0.5, 0.6) is 5.75 Å². The molecule has 0 radical (unpaired) electrons. The van der Waals surface area contributed by atoms with E-state index < -0.39 is 5.97 Å². The second-order valence-corrected chi connectivity index (χ2v) is 3.24.